The molecule has 0 radical (unpaired) electrons. The maximum Gasteiger partial charge on any atom is 0.133 e. The molecule has 3 rings (SSSR count). The Morgan fingerprint density at radius 2 is 1.83 bits per heavy atom. The molecule has 0 amide bonds. The van der Waals surface area contributed by atoms with Crippen molar-refractivity contribution in [3.8, 4) is 5.75 Å². The van der Waals surface area contributed by atoms with Crippen molar-refractivity contribution in [1.82, 2.24) is 4.90 Å². The Balaban J connectivity index is 1.78. The summed E-state index contributed by atoms with van der Waals surface area (Å²) < 4.78 is 5.85. The number of anilines is 1. The fourth-order valence-electron chi connectivity index (χ4n) is 2.96. The van der Waals surface area contributed by atoms with Crippen molar-refractivity contribution in [3.63, 3.8) is 0 Å². The first kappa shape index (κ1) is 15.5. The fourth-order valence-corrected chi connectivity index (χ4v) is 2.96. The van der Waals surface area contributed by atoms with Gasteiger partial charge in [-0.25, -0.2) is 0 Å². The highest BCUT2D eigenvalue weighted by Crippen LogP contribution is 2.29. The molecule has 0 spiro atoms. The summed E-state index contributed by atoms with van der Waals surface area (Å²) in [6, 6.07) is 17.1. The minimum absolute atomic E-state index is 0.860. The van der Waals surface area contributed by atoms with Gasteiger partial charge in [-0.05, 0) is 25.5 Å². The molecule has 0 unspecified atom stereocenters. The van der Waals surface area contributed by atoms with Crippen molar-refractivity contribution in [1.29, 1.82) is 0 Å². The Bertz CT molecular complexity index is 663. The van der Waals surface area contributed by atoms with E-state index in [-0.39, 0.29) is 0 Å². The van der Waals surface area contributed by atoms with Crippen molar-refractivity contribution in [2.24, 2.45) is 0 Å². The van der Waals surface area contributed by atoms with Crippen molar-refractivity contribution in [3.05, 3.63) is 72.1 Å². The van der Waals surface area contributed by atoms with Crippen LogP contribution in [0.15, 0.2) is 61.0 Å². The number of rotatable bonds is 5. The van der Waals surface area contributed by atoms with Crippen LogP contribution in [0.25, 0.3) is 0 Å². The monoisotopic (exact) mass is 308 g/mol. The second-order valence-electron chi connectivity index (χ2n) is 5.76. The van der Waals surface area contributed by atoms with Crippen molar-refractivity contribution < 1.29 is 4.74 Å². The van der Waals surface area contributed by atoms with Gasteiger partial charge in [0.05, 0.1) is 0 Å². The summed E-state index contributed by atoms with van der Waals surface area (Å²) in [4.78, 5) is 4.61. The molecule has 3 nitrogen and oxygen atoms in total. The molecule has 1 aliphatic rings. The molecule has 0 N–H and O–H groups in total. The van der Waals surface area contributed by atoms with Crippen molar-refractivity contribution in [2.45, 2.75) is 26.9 Å². The Labute approximate surface area is 138 Å². The van der Waals surface area contributed by atoms with Gasteiger partial charge in [-0.15, -0.1) is 0 Å². The predicted molar refractivity (Wildman–Crippen MR) is 95.5 cm³/mol. The van der Waals surface area contributed by atoms with Crippen LogP contribution in [0.4, 0.5) is 5.69 Å². The SMILES string of the molecule is CCN(CC)c1ccc2c(c1)OC=CN(Cc1ccccc1)C2. The normalized spacial score (nSPS) is 13.2. The molecule has 2 aromatic carbocycles. The van der Waals surface area contributed by atoms with Crippen molar-refractivity contribution >= 4 is 5.69 Å². The Kier molecular flexibility index (Phi) is 4.86. The average Bonchev–Trinajstić information content (AvgIpc) is 2.78. The number of benzene rings is 2. The van der Waals surface area contributed by atoms with E-state index < -0.39 is 0 Å². The van der Waals surface area contributed by atoms with E-state index in [1.807, 2.05) is 6.20 Å². The number of fused-ring (bicyclic) bond motifs is 1. The Morgan fingerprint density at radius 3 is 2.57 bits per heavy atom. The van der Waals surface area contributed by atoms with Gasteiger partial charge in [0.25, 0.3) is 0 Å². The Morgan fingerprint density at radius 1 is 1.04 bits per heavy atom. The largest absolute Gasteiger partial charge is 0.463 e. The first-order valence-corrected chi connectivity index (χ1v) is 8.29. The van der Waals surface area contributed by atoms with E-state index in [9.17, 15) is 0 Å². The van der Waals surface area contributed by atoms with E-state index in [0.29, 0.717) is 0 Å². The molecule has 23 heavy (non-hydrogen) atoms. The van der Waals surface area contributed by atoms with Gasteiger partial charge >= 0.3 is 0 Å². The van der Waals surface area contributed by atoms with E-state index in [0.717, 1.165) is 31.9 Å². The quantitative estimate of drug-likeness (QED) is 0.814. The molecule has 3 heteroatoms. The third-order valence-corrected chi connectivity index (χ3v) is 4.25. The van der Waals surface area contributed by atoms with Crippen molar-refractivity contribution in [2.75, 3.05) is 18.0 Å². The van der Waals surface area contributed by atoms with Gasteiger partial charge in [-0.2, -0.15) is 0 Å². The zero-order chi connectivity index (χ0) is 16.1. The zero-order valence-corrected chi connectivity index (χ0v) is 13.9. The molecule has 0 atom stereocenters. The fraction of sp³-hybridized carbons (Fsp3) is 0.300. The van der Waals surface area contributed by atoms with Gasteiger partial charge in [0, 0.05) is 49.7 Å². The van der Waals surface area contributed by atoms with Crippen LogP contribution in [0.5, 0.6) is 5.75 Å². The molecule has 2 aromatic rings. The first-order chi connectivity index (χ1) is 11.3. The lowest BCUT2D eigenvalue weighted by molar-refractivity contribution is 0.362. The molecule has 0 fully saturated rings. The summed E-state index contributed by atoms with van der Waals surface area (Å²) >= 11 is 0. The van der Waals surface area contributed by atoms with Gasteiger partial charge < -0.3 is 14.5 Å². The predicted octanol–water partition coefficient (Wildman–Crippen LogP) is 4.40. The van der Waals surface area contributed by atoms with Crippen LogP contribution >= 0.6 is 0 Å². The third-order valence-electron chi connectivity index (χ3n) is 4.25. The molecular formula is C20H24N2O. The van der Waals surface area contributed by atoms with Crippen LogP contribution in [0, 0.1) is 0 Å². The summed E-state index contributed by atoms with van der Waals surface area (Å²) in [7, 11) is 0. The molecule has 1 heterocycles. The van der Waals surface area contributed by atoms with Gasteiger partial charge in [0.1, 0.15) is 12.0 Å². The summed E-state index contributed by atoms with van der Waals surface area (Å²) in [5.41, 5.74) is 3.75. The minimum Gasteiger partial charge on any atom is -0.463 e. The smallest absolute Gasteiger partial charge is 0.133 e. The molecule has 0 saturated heterocycles. The van der Waals surface area contributed by atoms with Crippen LogP contribution in [0.2, 0.25) is 0 Å². The Hall–Kier alpha value is -2.42. The van der Waals surface area contributed by atoms with Gasteiger partial charge in [-0.3, -0.25) is 0 Å². The van der Waals surface area contributed by atoms with Gasteiger partial charge in [0.15, 0.2) is 0 Å². The standard InChI is InChI=1S/C20H24N2O/c1-3-22(4-2)19-11-10-18-16-21(12-13-23-20(18)14-19)15-17-8-6-5-7-9-17/h5-14H,3-4,15-16H2,1-2H3. The van der Waals surface area contributed by atoms with Gasteiger partial charge in [0.2, 0.25) is 0 Å². The summed E-state index contributed by atoms with van der Waals surface area (Å²) in [5.74, 6) is 0.959. The highest BCUT2D eigenvalue weighted by Gasteiger charge is 2.13. The summed E-state index contributed by atoms with van der Waals surface area (Å²) in [6.07, 6.45) is 3.82. The van der Waals surface area contributed by atoms with Crippen LogP contribution < -0.4 is 9.64 Å². The lowest BCUT2D eigenvalue weighted by Gasteiger charge is -2.23. The minimum atomic E-state index is 0.860. The van der Waals surface area contributed by atoms with E-state index in [1.54, 1.807) is 6.26 Å². The maximum absolute atomic E-state index is 5.85. The second-order valence-corrected chi connectivity index (χ2v) is 5.76. The number of hydrogen-bond acceptors (Lipinski definition) is 3. The molecule has 0 saturated carbocycles. The topological polar surface area (TPSA) is 15.7 Å². The first-order valence-electron chi connectivity index (χ1n) is 8.29. The highest BCUT2D eigenvalue weighted by molar-refractivity contribution is 5.54. The lowest BCUT2D eigenvalue weighted by Crippen LogP contribution is -2.21. The molecule has 1 aliphatic heterocycles. The summed E-state index contributed by atoms with van der Waals surface area (Å²) in [5, 5.41) is 0. The van der Waals surface area contributed by atoms with E-state index >= 15 is 0 Å². The third kappa shape index (κ3) is 3.67. The highest BCUT2D eigenvalue weighted by atomic mass is 16.5. The second kappa shape index (κ2) is 7.23. The number of ether oxygens (including phenoxy) is 1. The van der Waals surface area contributed by atoms with Crippen LogP contribution in [0.1, 0.15) is 25.0 Å². The molecule has 0 aromatic heterocycles. The van der Waals surface area contributed by atoms with E-state index in [4.69, 9.17) is 4.74 Å². The van der Waals surface area contributed by atoms with Gasteiger partial charge in [-0.1, -0.05) is 36.4 Å². The maximum atomic E-state index is 5.85. The van der Waals surface area contributed by atoms with E-state index in [1.165, 1.54) is 16.8 Å². The number of hydrogen-bond donors (Lipinski definition) is 0. The average molecular weight is 308 g/mol. The van der Waals surface area contributed by atoms with E-state index in [2.05, 4.69) is 72.2 Å². The molecule has 0 bridgehead atoms. The van der Waals surface area contributed by atoms with Crippen LogP contribution in [0.3, 0.4) is 0 Å². The van der Waals surface area contributed by atoms with Crippen LogP contribution in [-0.2, 0) is 13.1 Å². The zero-order valence-electron chi connectivity index (χ0n) is 13.9. The molecule has 120 valence electrons. The summed E-state index contributed by atoms with van der Waals surface area (Å²) in [6.45, 7) is 8.11. The molecule has 0 aliphatic carbocycles. The lowest BCUT2D eigenvalue weighted by atomic mass is 10.1. The molecular weight excluding hydrogens is 284 g/mol. The number of nitrogens with zero attached hydrogens (tertiary/aromatic N) is 2. The van der Waals surface area contributed by atoms with Crippen LogP contribution in [-0.4, -0.2) is 18.0 Å².